The van der Waals surface area contributed by atoms with Crippen molar-refractivity contribution in [3.63, 3.8) is 0 Å². The van der Waals surface area contributed by atoms with Gasteiger partial charge in [0.2, 0.25) is 5.43 Å². The maximum atomic E-state index is 13.2. The summed E-state index contributed by atoms with van der Waals surface area (Å²) in [6, 6.07) is 12.9. The Hall–Kier alpha value is -4.20. The molecule has 1 aromatic carbocycles. The van der Waals surface area contributed by atoms with Gasteiger partial charge in [0.1, 0.15) is 12.2 Å². The highest BCUT2D eigenvalue weighted by Crippen LogP contribution is 2.15. The lowest BCUT2D eigenvalue weighted by Gasteiger charge is -2.13. The highest BCUT2D eigenvalue weighted by molar-refractivity contribution is 5.88. The van der Waals surface area contributed by atoms with Crippen molar-refractivity contribution in [2.75, 3.05) is 0 Å². The van der Waals surface area contributed by atoms with Crippen LogP contribution in [-0.4, -0.2) is 25.0 Å². The van der Waals surface area contributed by atoms with E-state index in [4.69, 9.17) is 4.74 Å². The van der Waals surface area contributed by atoms with Crippen LogP contribution in [0.25, 0.3) is 5.52 Å². The standard InChI is InChI=1S/C23H19N3O5/c27-20-18(23(29)30)14-26-12-11-25(10-8-16-7-4-9-24-13-16)22(28)19(26)21(20)31-15-17-5-2-1-3-6-17/h1-7,9,11-14H,8,10,15H2,(H,29,30). The monoisotopic (exact) mass is 417 g/mol. The van der Waals surface area contributed by atoms with Crippen LogP contribution in [-0.2, 0) is 19.6 Å². The van der Waals surface area contributed by atoms with Gasteiger partial charge in [-0.2, -0.15) is 0 Å². The van der Waals surface area contributed by atoms with Gasteiger partial charge in [0.25, 0.3) is 5.56 Å². The molecular weight excluding hydrogens is 398 g/mol. The van der Waals surface area contributed by atoms with Gasteiger partial charge in [0.05, 0.1) is 0 Å². The average Bonchev–Trinajstić information content (AvgIpc) is 2.79. The Morgan fingerprint density at radius 1 is 1.03 bits per heavy atom. The van der Waals surface area contributed by atoms with Crippen molar-refractivity contribution in [3.05, 3.63) is 111 Å². The molecule has 0 saturated carbocycles. The van der Waals surface area contributed by atoms with Crippen LogP contribution in [0.3, 0.4) is 0 Å². The normalized spacial score (nSPS) is 10.8. The van der Waals surface area contributed by atoms with E-state index in [0.29, 0.717) is 13.0 Å². The fourth-order valence-electron chi connectivity index (χ4n) is 3.28. The maximum absolute atomic E-state index is 13.2. The molecule has 0 aliphatic carbocycles. The fraction of sp³-hybridized carbons (Fsp3) is 0.130. The molecule has 0 aliphatic rings. The van der Waals surface area contributed by atoms with Gasteiger partial charge < -0.3 is 18.8 Å². The molecule has 0 saturated heterocycles. The molecule has 0 amide bonds. The van der Waals surface area contributed by atoms with Gasteiger partial charge in [0, 0.05) is 37.5 Å². The number of pyridine rings is 2. The Morgan fingerprint density at radius 2 is 1.81 bits per heavy atom. The number of carbonyl (C=O) groups is 1. The Kier molecular flexibility index (Phi) is 5.61. The number of carboxylic acids is 1. The summed E-state index contributed by atoms with van der Waals surface area (Å²) in [6.45, 7) is 0.396. The van der Waals surface area contributed by atoms with Gasteiger partial charge in [-0.25, -0.2) is 4.79 Å². The summed E-state index contributed by atoms with van der Waals surface area (Å²) in [5.74, 6) is -1.66. The summed E-state index contributed by atoms with van der Waals surface area (Å²) < 4.78 is 8.50. The van der Waals surface area contributed by atoms with Crippen molar-refractivity contribution < 1.29 is 14.6 Å². The van der Waals surface area contributed by atoms with Crippen LogP contribution in [0.1, 0.15) is 21.5 Å². The Bertz CT molecular complexity index is 1350. The van der Waals surface area contributed by atoms with Crippen LogP contribution in [0.2, 0.25) is 0 Å². The van der Waals surface area contributed by atoms with Crippen LogP contribution < -0.4 is 15.7 Å². The first-order valence-corrected chi connectivity index (χ1v) is 9.62. The molecule has 8 heteroatoms. The van der Waals surface area contributed by atoms with E-state index >= 15 is 0 Å². The van der Waals surface area contributed by atoms with E-state index in [1.54, 1.807) is 24.8 Å². The molecule has 3 aromatic heterocycles. The molecule has 0 unspecified atom stereocenters. The first kappa shape index (κ1) is 20.1. The zero-order valence-corrected chi connectivity index (χ0v) is 16.5. The molecule has 1 N–H and O–H groups in total. The van der Waals surface area contributed by atoms with Crippen molar-refractivity contribution in [3.8, 4) is 5.75 Å². The third-order valence-corrected chi connectivity index (χ3v) is 4.88. The van der Waals surface area contributed by atoms with Crippen LogP contribution in [0.15, 0.2) is 83.0 Å². The van der Waals surface area contributed by atoms with E-state index < -0.39 is 22.5 Å². The number of fused-ring (bicyclic) bond motifs is 1. The van der Waals surface area contributed by atoms with Gasteiger partial charge in [-0.1, -0.05) is 36.4 Å². The molecule has 0 atom stereocenters. The summed E-state index contributed by atoms with van der Waals surface area (Å²) in [5, 5.41) is 9.41. The predicted molar refractivity (Wildman–Crippen MR) is 114 cm³/mol. The molecule has 156 valence electrons. The smallest absolute Gasteiger partial charge is 0.341 e. The summed E-state index contributed by atoms with van der Waals surface area (Å²) in [6.07, 6.45) is 8.21. The number of benzene rings is 1. The summed E-state index contributed by atoms with van der Waals surface area (Å²) in [7, 11) is 0. The second-order valence-electron chi connectivity index (χ2n) is 6.94. The lowest BCUT2D eigenvalue weighted by molar-refractivity contribution is 0.0694. The number of nitrogens with zero attached hydrogens (tertiary/aromatic N) is 3. The number of hydrogen-bond acceptors (Lipinski definition) is 5. The SMILES string of the molecule is O=C(O)c1cn2ccn(CCc3cccnc3)c(=O)c2c(OCc2ccccc2)c1=O. The molecule has 31 heavy (non-hydrogen) atoms. The molecular formula is C23H19N3O5. The summed E-state index contributed by atoms with van der Waals surface area (Å²) in [4.78, 5) is 41.6. The Balaban J connectivity index is 1.77. The number of hydrogen-bond donors (Lipinski definition) is 1. The minimum absolute atomic E-state index is 0.000354. The van der Waals surface area contributed by atoms with Crippen molar-refractivity contribution in [2.24, 2.45) is 0 Å². The fourth-order valence-corrected chi connectivity index (χ4v) is 3.28. The largest absolute Gasteiger partial charge is 0.483 e. The van der Waals surface area contributed by atoms with Crippen LogP contribution in [0, 0.1) is 0 Å². The lowest BCUT2D eigenvalue weighted by atomic mass is 10.2. The van der Waals surface area contributed by atoms with Gasteiger partial charge >= 0.3 is 5.97 Å². The summed E-state index contributed by atoms with van der Waals surface area (Å²) in [5.41, 5.74) is 0.0174. The molecule has 0 bridgehead atoms. The van der Waals surface area contributed by atoms with Crippen LogP contribution >= 0.6 is 0 Å². The minimum Gasteiger partial charge on any atom is -0.483 e. The van der Waals surface area contributed by atoms with Gasteiger partial charge in [-0.15, -0.1) is 0 Å². The lowest BCUT2D eigenvalue weighted by Crippen LogP contribution is -2.28. The molecule has 3 heterocycles. The third kappa shape index (κ3) is 4.23. The number of aromatic nitrogens is 3. The zero-order chi connectivity index (χ0) is 21.8. The molecule has 4 rings (SSSR count). The van der Waals surface area contributed by atoms with Crippen molar-refractivity contribution in [2.45, 2.75) is 19.6 Å². The zero-order valence-electron chi connectivity index (χ0n) is 16.5. The first-order valence-electron chi connectivity index (χ1n) is 9.62. The van der Waals surface area contributed by atoms with Crippen molar-refractivity contribution in [1.29, 1.82) is 0 Å². The highest BCUT2D eigenvalue weighted by atomic mass is 16.5. The maximum Gasteiger partial charge on any atom is 0.341 e. The highest BCUT2D eigenvalue weighted by Gasteiger charge is 2.20. The second-order valence-corrected chi connectivity index (χ2v) is 6.94. The van der Waals surface area contributed by atoms with Crippen LogP contribution in [0.5, 0.6) is 5.75 Å². The average molecular weight is 417 g/mol. The quantitative estimate of drug-likeness (QED) is 0.495. The minimum atomic E-state index is -1.38. The molecule has 0 fully saturated rings. The predicted octanol–water partition coefficient (Wildman–Crippen LogP) is 2.38. The second kappa shape index (κ2) is 8.66. The van der Waals surface area contributed by atoms with Gasteiger partial charge in [0.15, 0.2) is 11.3 Å². The molecule has 0 aliphatic heterocycles. The van der Waals surface area contributed by atoms with E-state index in [1.807, 2.05) is 42.5 Å². The number of aromatic carboxylic acids is 1. The van der Waals surface area contributed by atoms with Crippen molar-refractivity contribution >= 4 is 11.5 Å². The number of rotatable bonds is 7. The molecule has 8 nitrogen and oxygen atoms in total. The van der Waals surface area contributed by atoms with E-state index in [1.165, 1.54) is 8.97 Å². The first-order chi connectivity index (χ1) is 15.0. The molecule has 0 spiro atoms. The van der Waals surface area contributed by atoms with E-state index in [-0.39, 0.29) is 17.9 Å². The molecule has 4 aromatic rings. The number of ether oxygens (including phenoxy) is 1. The summed E-state index contributed by atoms with van der Waals surface area (Å²) >= 11 is 0. The van der Waals surface area contributed by atoms with E-state index in [9.17, 15) is 19.5 Å². The van der Waals surface area contributed by atoms with Gasteiger partial charge in [-0.05, 0) is 23.6 Å². The number of aryl methyl sites for hydroxylation is 2. The third-order valence-electron chi connectivity index (χ3n) is 4.88. The number of carboxylic acid groups (broad SMARTS) is 1. The van der Waals surface area contributed by atoms with E-state index in [2.05, 4.69) is 4.98 Å². The Labute approximate surface area is 176 Å². The Morgan fingerprint density at radius 3 is 2.52 bits per heavy atom. The topological polar surface area (TPSA) is 103 Å². The molecule has 0 radical (unpaired) electrons. The van der Waals surface area contributed by atoms with Gasteiger partial charge in [-0.3, -0.25) is 14.6 Å². The van der Waals surface area contributed by atoms with Crippen molar-refractivity contribution in [1.82, 2.24) is 14.0 Å². The van der Waals surface area contributed by atoms with E-state index in [0.717, 1.165) is 17.3 Å². The van der Waals surface area contributed by atoms with Crippen LogP contribution in [0.4, 0.5) is 0 Å².